The van der Waals surface area contributed by atoms with E-state index < -0.39 is 0 Å². The third-order valence-corrected chi connectivity index (χ3v) is 4.29. The molecule has 146 valence electrons. The second-order valence-electron chi connectivity index (χ2n) is 6.37. The highest BCUT2D eigenvalue weighted by Crippen LogP contribution is 2.16. The Morgan fingerprint density at radius 2 is 2.00 bits per heavy atom. The van der Waals surface area contributed by atoms with Crippen molar-refractivity contribution < 1.29 is 4.74 Å². The Morgan fingerprint density at radius 3 is 2.68 bits per heavy atom. The van der Waals surface area contributed by atoms with Gasteiger partial charge in [-0.3, -0.25) is 10.1 Å². The third-order valence-electron chi connectivity index (χ3n) is 4.29. The van der Waals surface area contributed by atoms with Gasteiger partial charge in [-0.15, -0.1) is 0 Å². The molecule has 0 aliphatic rings. The van der Waals surface area contributed by atoms with E-state index in [9.17, 15) is 0 Å². The van der Waals surface area contributed by atoms with Gasteiger partial charge >= 0.3 is 0 Å². The minimum absolute atomic E-state index is 0.669. The van der Waals surface area contributed by atoms with Crippen LogP contribution in [-0.2, 0) is 13.1 Å². The highest BCUT2D eigenvalue weighted by atomic mass is 16.5. The number of aromatic nitrogens is 3. The number of aromatic amines is 1. The van der Waals surface area contributed by atoms with Crippen LogP contribution in [0.25, 0.3) is 11.4 Å². The Balaban J connectivity index is 1.59. The zero-order valence-electron chi connectivity index (χ0n) is 16.5. The number of rotatable bonds is 7. The lowest BCUT2D eigenvalue weighted by atomic mass is 10.1. The fraction of sp³-hybridized carbons (Fsp3) is 0.286. The summed E-state index contributed by atoms with van der Waals surface area (Å²) < 4.78 is 5.50. The van der Waals surface area contributed by atoms with Crippen molar-refractivity contribution in [2.45, 2.75) is 20.0 Å². The molecular formula is C21H26N6O. The predicted octanol–water partition coefficient (Wildman–Crippen LogP) is 3.08. The normalized spacial score (nSPS) is 11.3. The van der Waals surface area contributed by atoms with Crippen molar-refractivity contribution in [3.8, 4) is 17.1 Å². The van der Waals surface area contributed by atoms with Crippen LogP contribution < -0.4 is 10.1 Å². The highest BCUT2D eigenvalue weighted by molar-refractivity contribution is 5.79. The van der Waals surface area contributed by atoms with Gasteiger partial charge in [0, 0.05) is 32.7 Å². The molecule has 0 atom stereocenters. The topological polar surface area (TPSA) is 78.4 Å². The predicted molar refractivity (Wildman–Crippen MR) is 111 cm³/mol. The largest absolute Gasteiger partial charge is 0.494 e. The molecule has 0 saturated heterocycles. The van der Waals surface area contributed by atoms with Crippen molar-refractivity contribution in [1.82, 2.24) is 25.4 Å². The summed E-state index contributed by atoms with van der Waals surface area (Å²) in [4.78, 5) is 10.7. The fourth-order valence-corrected chi connectivity index (χ4v) is 2.95. The average Bonchev–Trinajstić information content (AvgIpc) is 3.25. The molecule has 0 amide bonds. The van der Waals surface area contributed by atoms with Gasteiger partial charge < -0.3 is 15.0 Å². The van der Waals surface area contributed by atoms with Gasteiger partial charge in [0.05, 0.1) is 6.61 Å². The molecule has 7 heteroatoms. The molecule has 0 unspecified atom stereocenters. The van der Waals surface area contributed by atoms with Gasteiger partial charge in [0.25, 0.3) is 0 Å². The summed E-state index contributed by atoms with van der Waals surface area (Å²) in [7, 11) is 3.82. The van der Waals surface area contributed by atoms with Crippen LogP contribution in [0.5, 0.6) is 5.75 Å². The summed E-state index contributed by atoms with van der Waals surface area (Å²) in [5.41, 5.74) is 3.35. The summed E-state index contributed by atoms with van der Waals surface area (Å²) in [6.07, 6.45) is 1.51. The first-order valence-corrected chi connectivity index (χ1v) is 9.27. The molecule has 1 heterocycles. The van der Waals surface area contributed by atoms with Crippen LogP contribution in [0.1, 0.15) is 18.1 Å². The molecule has 0 aliphatic carbocycles. The van der Waals surface area contributed by atoms with Gasteiger partial charge in [0.15, 0.2) is 11.8 Å². The second kappa shape index (κ2) is 9.55. The molecule has 0 aliphatic heterocycles. The first-order valence-electron chi connectivity index (χ1n) is 9.27. The number of ether oxygens (including phenoxy) is 1. The van der Waals surface area contributed by atoms with Gasteiger partial charge in [-0.25, -0.2) is 4.98 Å². The summed E-state index contributed by atoms with van der Waals surface area (Å²) >= 11 is 0. The van der Waals surface area contributed by atoms with Crippen LogP contribution >= 0.6 is 0 Å². The minimum Gasteiger partial charge on any atom is -0.494 e. The Kier molecular flexibility index (Phi) is 6.62. The van der Waals surface area contributed by atoms with Gasteiger partial charge in [0.1, 0.15) is 12.1 Å². The van der Waals surface area contributed by atoms with E-state index in [1.807, 2.05) is 38.2 Å². The quantitative estimate of drug-likeness (QED) is 0.488. The Labute approximate surface area is 165 Å². The van der Waals surface area contributed by atoms with Gasteiger partial charge in [0.2, 0.25) is 0 Å². The van der Waals surface area contributed by atoms with Crippen molar-refractivity contribution in [3.63, 3.8) is 0 Å². The lowest BCUT2D eigenvalue weighted by Crippen LogP contribution is -2.38. The monoisotopic (exact) mass is 378 g/mol. The van der Waals surface area contributed by atoms with E-state index in [-0.39, 0.29) is 0 Å². The van der Waals surface area contributed by atoms with Crippen LogP contribution in [0.4, 0.5) is 0 Å². The summed E-state index contributed by atoms with van der Waals surface area (Å²) in [5, 5.41) is 10.2. The first kappa shape index (κ1) is 19.4. The van der Waals surface area contributed by atoms with Crippen LogP contribution in [0.3, 0.4) is 0 Å². The van der Waals surface area contributed by atoms with Crippen molar-refractivity contribution >= 4 is 5.96 Å². The van der Waals surface area contributed by atoms with Crippen LogP contribution in [-0.4, -0.2) is 46.7 Å². The number of nitrogens with zero attached hydrogens (tertiary/aromatic N) is 4. The third kappa shape index (κ3) is 5.09. The van der Waals surface area contributed by atoms with E-state index in [2.05, 4.69) is 54.7 Å². The maximum atomic E-state index is 5.50. The zero-order chi connectivity index (χ0) is 19.8. The Bertz CT molecular complexity index is 890. The SMILES string of the molecule is CCOc1ccc(CN(C)C(=NC)NCc2cccc(-c3ncn[nH]3)c2)cc1. The molecule has 0 spiro atoms. The minimum atomic E-state index is 0.669. The van der Waals surface area contributed by atoms with Crippen LogP contribution in [0.15, 0.2) is 59.9 Å². The number of hydrogen-bond donors (Lipinski definition) is 2. The van der Waals surface area contributed by atoms with Crippen molar-refractivity contribution in [2.75, 3.05) is 20.7 Å². The van der Waals surface area contributed by atoms with Gasteiger partial charge in [-0.05, 0) is 36.2 Å². The number of H-pyrrole nitrogens is 1. The Hall–Kier alpha value is -3.35. The molecule has 1 aromatic heterocycles. The molecular weight excluding hydrogens is 352 g/mol. The van der Waals surface area contributed by atoms with Crippen LogP contribution in [0.2, 0.25) is 0 Å². The molecule has 2 N–H and O–H groups in total. The Morgan fingerprint density at radius 1 is 1.18 bits per heavy atom. The van der Waals surface area contributed by atoms with E-state index in [4.69, 9.17) is 4.74 Å². The molecule has 3 rings (SSSR count). The number of hydrogen-bond acceptors (Lipinski definition) is 4. The average molecular weight is 378 g/mol. The van der Waals surface area contributed by atoms with Gasteiger partial charge in [-0.2, -0.15) is 5.10 Å². The summed E-state index contributed by atoms with van der Waals surface area (Å²) in [5.74, 6) is 2.49. The molecule has 0 bridgehead atoms. The lowest BCUT2D eigenvalue weighted by Gasteiger charge is -2.22. The molecule has 0 fully saturated rings. The highest BCUT2D eigenvalue weighted by Gasteiger charge is 2.08. The molecule has 2 aromatic carbocycles. The number of nitrogens with one attached hydrogen (secondary N) is 2. The lowest BCUT2D eigenvalue weighted by molar-refractivity contribution is 0.340. The standard InChI is InChI=1S/C21H26N6O/c1-4-28-19-10-8-16(9-11-19)14-27(3)21(22-2)23-13-17-6-5-7-18(12-17)20-24-15-25-26-20/h5-12,15H,4,13-14H2,1-3H3,(H,22,23)(H,24,25,26). The van der Waals surface area contributed by atoms with Crippen molar-refractivity contribution in [3.05, 3.63) is 66.0 Å². The van der Waals surface area contributed by atoms with E-state index in [1.165, 1.54) is 11.9 Å². The maximum absolute atomic E-state index is 5.50. The van der Waals surface area contributed by atoms with E-state index in [1.54, 1.807) is 7.05 Å². The first-order chi connectivity index (χ1) is 13.7. The van der Waals surface area contributed by atoms with Crippen LogP contribution in [0, 0.1) is 0 Å². The number of benzene rings is 2. The van der Waals surface area contributed by atoms with Crippen molar-refractivity contribution in [1.29, 1.82) is 0 Å². The van der Waals surface area contributed by atoms with Gasteiger partial charge in [-0.1, -0.05) is 30.3 Å². The molecule has 28 heavy (non-hydrogen) atoms. The number of aliphatic imine (C=N–C) groups is 1. The molecule has 7 nitrogen and oxygen atoms in total. The fourth-order valence-electron chi connectivity index (χ4n) is 2.95. The van der Waals surface area contributed by atoms with E-state index in [0.29, 0.717) is 13.2 Å². The number of guanidine groups is 1. The molecule has 3 aromatic rings. The molecule has 0 saturated carbocycles. The van der Waals surface area contributed by atoms with E-state index >= 15 is 0 Å². The van der Waals surface area contributed by atoms with E-state index in [0.717, 1.165) is 35.2 Å². The maximum Gasteiger partial charge on any atom is 0.193 e. The van der Waals surface area contributed by atoms with Crippen molar-refractivity contribution in [2.24, 2.45) is 4.99 Å². The zero-order valence-corrected chi connectivity index (χ0v) is 16.5. The summed E-state index contributed by atoms with van der Waals surface area (Å²) in [6, 6.07) is 16.3. The smallest absolute Gasteiger partial charge is 0.193 e. The molecule has 0 radical (unpaired) electrons. The second-order valence-corrected chi connectivity index (χ2v) is 6.37. The summed E-state index contributed by atoms with van der Waals surface area (Å²) in [6.45, 7) is 4.08.